The van der Waals surface area contributed by atoms with Crippen molar-refractivity contribution in [3.8, 4) is 0 Å². The Morgan fingerprint density at radius 3 is 2.67 bits per heavy atom. The second-order valence-electron chi connectivity index (χ2n) is 6.44. The number of halogens is 1. The molecule has 2 heterocycles. The van der Waals surface area contributed by atoms with E-state index < -0.39 is 11.7 Å². The highest BCUT2D eigenvalue weighted by molar-refractivity contribution is 6.08. The summed E-state index contributed by atoms with van der Waals surface area (Å²) in [5.74, 6) is -0.376. The van der Waals surface area contributed by atoms with Crippen molar-refractivity contribution in [1.29, 1.82) is 0 Å². The van der Waals surface area contributed by atoms with Gasteiger partial charge in [0.2, 0.25) is 0 Å². The topological polar surface area (TPSA) is 56.4 Å². The first-order valence-corrected chi connectivity index (χ1v) is 8.10. The molecule has 0 spiro atoms. The van der Waals surface area contributed by atoms with Crippen molar-refractivity contribution < 1.29 is 9.18 Å². The van der Waals surface area contributed by atoms with Crippen molar-refractivity contribution in [2.75, 3.05) is 29.9 Å². The Labute approximate surface area is 138 Å². The number of pyridine rings is 1. The number of anilines is 2. The van der Waals surface area contributed by atoms with Crippen LogP contribution in [0.25, 0.3) is 0 Å². The SMILES string of the molecule is CN1CCN(C(=O)c2ccc(C3CC3)[nH]c2=O)c2cc(F)ccc21. The average molecular weight is 327 g/mol. The van der Waals surface area contributed by atoms with Gasteiger partial charge >= 0.3 is 0 Å². The number of nitrogens with zero attached hydrogens (tertiary/aromatic N) is 2. The second-order valence-corrected chi connectivity index (χ2v) is 6.44. The maximum atomic E-state index is 13.7. The van der Waals surface area contributed by atoms with Gasteiger partial charge in [0.15, 0.2) is 0 Å². The number of carbonyl (C=O) groups excluding carboxylic acids is 1. The quantitative estimate of drug-likeness (QED) is 0.922. The summed E-state index contributed by atoms with van der Waals surface area (Å²) in [7, 11) is 1.90. The Kier molecular flexibility index (Phi) is 3.40. The van der Waals surface area contributed by atoms with Crippen LogP contribution in [0, 0.1) is 5.82 Å². The molecule has 2 aliphatic rings. The molecule has 5 nitrogen and oxygen atoms in total. The molecule has 1 aliphatic carbocycles. The van der Waals surface area contributed by atoms with Gasteiger partial charge < -0.3 is 14.8 Å². The van der Waals surface area contributed by atoms with Crippen LogP contribution in [0.3, 0.4) is 0 Å². The Morgan fingerprint density at radius 2 is 1.96 bits per heavy atom. The minimum Gasteiger partial charge on any atom is -0.371 e. The van der Waals surface area contributed by atoms with E-state index in [-0.39, 0.29) is 11.1 Å². The Balaban J connectivity index is 1.72. The van der Waals surface area contributed by atoms with Gasteiger partial charge in [-0.05, 0) is 49.1 Å². The summed E-state index contributed by atoms with van der Waals surface area (Å²) in [5.41, 5.74) is 1.89. The van der Waals surface area contributed by atoms with E-state index in [4.69, 9.17) is 0 Å². The van der Waals surface area contributed by atoms with Crippen molar-refractivity contribution in [3.63, 3.8) is 0 Å². The maximum Gasteiger partial charge on any atom is 0.264 e. The lowest BCUT2D eigenvalue weighted by molar-refractivity contribution is 0.0985. The first kappa shape index (κ1) is 14.9. The minimum atomic E-state index is -0.403. The van der Waals surface area contributed by atoms with Gasteiger partial charge in [0.05, 0.1) is 11.4 Å². The number of H-pyrrole nitrogens is 1. The molecule has 1 N–H and O–H groups in total. The zero-order valence-corrected chi connectivity index (χ0v) is 13.4. The lowest BCUT2D eigenvalue weighted by atomic mass is 10.1. The summed E-state index contributed by atoms with van der Waals surface area (Å²) >= 11 is 0. The molecule has 124 valence electrons. The molecule has 1 amide bonds. The third-order valence-electron chi connectivity index (χ3n) is 4.72. The number of aromatic nitrogens is 1. The molecule has 0 atom stereocenters. The number of benzene rings is 1. The van der Waals surface area contributed by atoms with Crippen molar-refractivity contribution in [3.05, 3.63) is 57.8 Å². The summed E-state index contributed by atoms with van der Waals surface area (Å²) in [4.78, 5) is 31.4. The normalized spacial score (nSPS) is 16.9. The summed E-state index contributed by atoms with van der Waals surface area (Å²) < 4.78 is 13.7. The number of rotatable bonds is 2. The number of aromatic amines is 1. The fourth-order valence-electron chi connectivity index (χ4n) is 3.17. The van der Waals surface area contributed by atoms with E-state index in [1.807, 2.05) is 18.0 Å². The fourth-order valence-corrected chi connectivity index (χ4v) is 3.17. The van der Waals surface area contributed by atoms with Crippen LogP contribution >= 0.6 is 0 Å². The van der Waals surface area contributed by atoms with Gasteiger partial charge in [0, 0.05) is 25.8 Å². The number of amides is 1. The van der Waals surface area contributed by atoms with Crippen LogP contribution in [0.1, 0.15) is 34.8 Å². The molecule has 0 saturated heterocycles. The molecule has 6 heteroatoms. The molecule has 1 aliphatic heterocycles. The van der Waals surface area contributed by atoms with Gasteiger partial charge in [-0.15, -0.1) is 0 Å². The number of nitrogens with one attached hydrogen (secondary N) is 1. The van der Waals surface area contributed by atoms with Gasteiger partial charge in [-0.2, -0.15) is 0 Å². The van der Waals surface area contributed by atoms with Crippen LogP contribution in [0.2, 0.25) is 0 Å². The summed E-state index contributed by atoms with van der Waals surface area (Å²) in [5, 5.41) is 0. The predicted molar refractivity (Wildman–Crippen MR) is 90.4 cm³/mol. The zero-order valence-electron chi connectivity index (χ0n) is 13.4. The van der Waals surface area contributed by atoms with E-state index in [9.17, 15) is 14.0 Å². The lowest BCUT2D eigenvalue weighted by Crippen LogP contribution is -2.44. The number of hydrogen-bond acceptors (Lipinski definition) is 3. The van der Waals surface area contributed by atoms with Gasteiger partial charge in [0.1, 0.15) is 11.4 Å². The maximum absolute atomic E-state index is 13.7. The van der Waals surface area contributed by atoms with Crippen molar-refractivity contribution in [2.24, 2.45) is 0 Å². The molecule has 0 radical (unpaired) electrons. The molecule has 2 aromatic rings. The van der Waals surface area contributed by atoms with Crippen molar-refractivity contribution >= 4 is 17.3 Å². The summed E-state index contributed by atoms with van der Waals surface area (Å²) in [6.07, 6.45) is 2.16. The van der Waals surface area contributed by atoms with Gasteiger partial charge in [0.25, 0.3) is 11.5 Å². The third-order valence-corrected chi connectivity index (χ3v) is 4.72. The van der Waals surface area contributed by atoms with Crippen LogP contribution in [0.15, 0.2) is 35.1 Å². The molecule has 4 rings (SSSR count). The highest BCUT2D eigenvalue weighted by Crippen LogP contribution is 2.38. The van der Waals surface area contributed by atoms with E-state index in [2.05, 4.69) is 4.98 Å². The molecule has 24 heavy (non-hydrogen) atoms. The number of hydrogen-bond donors (Lipinski definition) is 1. The smallest absolute Gasteiger partial charge is 0.264 e. The number of fused-ring (bicyclic) bond motifs is 1. The molecular formula is C18H18FN3O2. The van der Waals surface area contributed by atoms with Crippen LogP contribution in [-0.4, -0.2) is 31.0 Å². The van der Waals surface area contributed by atoms with Crippen LogP contribution in [0.4, 0.5) is 15.8 Å². The van der Waals surface area contributed by atoms with Crippen LogP contribution in [-0.2, 0) is 0 Å². The Bertz CT molecular complexity index is 873. The van der Waals surface area contributed by atoms with E-state index in [0.29, 0.717) is 24.7 Å². The second kappa shape index (κ2) is 5.47. The number of carbonyl (C=O) groups is 1. The summed E-state index contributed by atoms with van der Waals surface area (Å²) in [6.45, 7) is 1.04. The van der Waals surface area contributed by atoms with Gasteiger partial charge in [-0.1, -0.05) is 0 Å². The molecule has 1 aromatic carbocycles. The van der Waals surface area contributed by atoms with E-state index in [1.54, 1.807) is 12.1 Å². The third kappa shape index (κ3) is 2.48. The molecule has 0 bridgehead atoms. The van der Waals surface area contributed by atoms with E-state index >= 15 is 0 Å². The van der Waals surface area contributed by atoms with Crippen LogP contribution in [0.5, 0.6) is 0 Å². The first-order chi connectivity index (χ1) is 11.5. The molecule has 1 aromatic heterocycles. The Morgan fingerprint density at radius 1 is 1.17 bits per heavy atom. The van der Waals surface area contributed by atoms with Gasteiger partial charge in [-0.3, -0.25) is 9.59 Å². The highest BCUT2D eigenvalue weighted by atomic mass is 19.1. The van der Waals surface area contributed by atoms with Crippen molar-refractivity contribution in [1.82, 2.24) is 4.98 Å². The minimum absolute atomic E-state index is 0.0964. The van der Waals surface area contributed by atoms with Crippen LogP contribution < -0.4 is 15.4 Å². The molecular weight excluding hydrogens is 309 g/mol. The standard InChI is InChI=1S/C18H18FN3O2/c1-21-8-9-22(16-10-12(19)4-7-15(16)21)18(24)13-5-6-14(11-2-3-11)20-17(13)23/h4-7,10-11H,2-3,8-9H2,1H3,(H,20,23). The lowest BCUT2D eigenvalue weighted by Gasteiger charge is -2.35. The van der Waals surface area contributed by atoms with Gasteiger partial charge in [-0.25, -0.2) is 4.39 Å². The Hall–Kier alpha value is -2.63. The molecule has 1 saturated carbocycles. The zero-order chi connectivity index (χ0) is 16.8. The monoisotopic (exact) mass is 327 g/mol. The van der Waals surface area contributed by atoms with Crippen molar-refractivity contribution in [2.45, 2.75) is 18.8 Å². The van der Waals surface area contributed by atoms with E-state index in [0.717, 1.165) is 24.2 Å². The largest absolute Gasteiger partial charge is 0.371 e. The molecule has 0 unspecified atom stereocenters. The van der Waals surface area contributed by atoms with E-state index in [1.165, 1.54) is 17.0 Å². The number of likely N-dealkylation sites (N-methyl/N-ethyl adjacent to an activating group) is 1. The average Bonchev–Trinajstić information content (AvgIpc) is 3.39. The highest BCUT2D eigenvalue weighted by Gasteiger charge is 2.29. The fraction of sp³-hybridized carbons (Fsp3) is 0.333. The summed E-state index contributed by atoms with van der Waals surface area (Å²) in [6, 6.07) is 7.78. The molecule has 1 fully saturated rings. The predicted octanol–water partition coefficient (Wildman–Crippen LogP) is 2.49. The first-order valence-electron chi connectivity index (χ1n) is 8.10.